The van der Waals surface area contributed by atoms with E-state index in [1.165, 1.54) is 5.57 Å². The maximum Gasteiger partial charge on any atom is 0.164 e. The zero-order valence-electron chi connectivity index (χ0n) is 15.7. The van der Waals surface area contributed by atoms with Crippen LogP contribution in [0, 0.1) is 22.7 Å². The van der Waals surface area contributed by atoms with E-state index in [1.807, 2.05) is 6.08 Å². The van der Waals surface area contributed by atoms with E-state index in [0.29, 0.717) is 24.7 Å². The van der Waals surface area contributed by atoms with Crippen LogP contribution in [0.3, 0.4) is 0 Å². The Morgan fingerprint density at radius 1 is 1.31 bits per heavy atom. The minimum absolute atomic E-state index is 0.0229. The highest BCUT2D eigenvalue weighted by molar-refractivity contribution is 9.10. The molecule has 0 spiro atoms. The number of allylic oxidation sites excluding steroid dienone is 1. The highest BCUT2D eigenvalue weighted by Crippen LogP contribution is 2.75. The molecule has 4 aliphatic carbocycles. The Bertz CT molecular complexity index is 761. The van der Waals surface area contributed by atoms with Gasteiger partial charge in [0.2, 0.25) is 0 Å². The van der Waals surface area contributed by atoms with Gasteiger partial charge in [-0.05, 0) is 56.9 Å². The summed E-state index contributed by atoms with van der Waals surface area (Å²) in [6, 6.07) is 0. The van der Waals surface area contributed by atoms with Crippen molar-refractivity contribution in [3.05, 3.63) is 11.6 Å². The fraction of sp³-hybridized carbons (Fsp3) is 0.810. The number of ether oxygens (including phenoxy) is 1. The lowest BCUT2D eigenvalue weighted by Gasteiger charge is -2.64. The average Bonchev–Trinajstić information content (AvgIpc) is 3.25. The Morgan fingerprint density at radius 3 is 2.73 bits per heavy atom. The smallest absolute Gasteiger partial charge is 0.164 e. The molecule has 5 heteroatoms. The van der Waals surface area contributed by atoms with Gasteiger partial charge in [-0.1, -0.05) is 35.4 Å². The molecular formula is C21H27BrO4. The monoisotopic (exact) mass is 422 g/mol. The Labute approximate surface area is 162 Å². The van der Waals surface area contributed by atoms with Gasteiger partial charge in [0.1, 0.15) is 0 Å². The van der Waals surface area contributed by atoms with E-state index < -0.39 is 16.0 Å². The van der Waals surface area contributed by atoms with Gasteiger partial charge in [-0.2, -0.15) is 0 Å². The van der Waals surface area contributed by atoms with Crippen molar-refractivity contribution in [3.8, 4) is 0 Å². The van der Waals surface area contributed by atoms with Gasteiger partial charge in [0.25, 0.3) is 0 Å². The third-order valence-corrected chi connectivity index (χ3v) is 11.0. The molecule has 1 aliphatic heterocycles. The van der Waals surface area contributed by atoms with Crippen LogP contribution in [0.5, 0.6) is 0 Å². The molecule has 0 aromatic carbocycles. The predicted molar refractivity (Wildman–Crippen MR) is 99.9 cm³/mol. The number of hydrogen-bond donors (Lipinski definition) is 1. The second kappa shape index (κ2) is 4.90. The van der Waals surface area contributed by atoms with E-state index in [9.17, 15) is 14.7 Å². The highest BCUT2D eigenvalue weighted by atomic mass is 79.9. The van der Waals surface area contributed by atoms with Crippen LogP contribution in [-0.2, 0) is 14.3 Å². The summed E-state index contributed by atoms with van der Waals surface area (Å²) in [5, 5.41) is 11.5. The highest BCUT2D eigenvalue weighted by Gasteiger charge is 2.82. The zero-order valence-corrected chi connectivity index (χ0v) is 17.3. The molecule has 3 saturated carbocycles. The van der Waals surface area contributed by atoms with Gasteiger partial charge in [-0.15, -0.1) is 0 Å². The number of epoxide rings is 1. The number of fused-ring (bicyclic) bond motifs is 7. The number of alkyl halides is 1. The van der Waals surface area contributed by atoms with E-state index >= 15 is 0 Å². The summed E-state index contributed by atoms with van der Waals surface area (Å²) in [5.74, 6) is 0.990. The summed E-state index contributed by atoms with van der Waals surface area (Å²) in [6.45, 7) is 6.04. The largest absolute Gasteiger partial charge is 0.392 e. The molecular weight excluding hydrogens is 396 g/mol. The minimum Gasteiger partial charge on any atom is -0.392 e. The standard InChI is InChI=1S/C21H27BrO4/c1-11(23)21-17(26-21)9-15-14-5-4-12-8-13(24)6-7-18(12,2)20(14,22)16(25)10-19(15,21)3/h8,14-17,25H,4-7,9-10H2,1-3H3/t14-,15-,16-,17+,18-,19-,20-,21+/m0/s1. The third-order valence-electron chi connectivity index (χ3n) is 9.00. The van der Waals surface area contributed by atoms with Crippen LogP contribution in [0.2, 0.25) is 0 Å². The van der Waals surface area contributed by atoms with Crippen LogP contribution in [0.1, 0.15) is 59.3 Å². The van der Waals surface area contributed by atoms with Crippen LogP contribution in [0.25, 0.3) is 0 Å². The first kappa shape index (κ1) is 17.6. The Hall–Kier alpha value is -0.520. The van der Waals surface area contributed by atoms with Crippen molar-refractivity contribution in [2.45, 2.75) is 81.4 Å². The first-order valence-corrected chi connectivity index (χ1v) is 10.7. The molecule has 4 fully saturated rings. The molecule has 1 saturated heterocycles. The fourth-order valence-electron chi connectivity index (χ4n) is 7.63. The van der Waals surface area contributed by atoms with Crippen LogP contribution in [0.15, 0.2) is 11.6 Å². The maximum atomic E-state index is 12.5. The number of hydrogen-bond acceptors (Lipinski definition) is 4. The molecule has 5 aliphatic rings. The van der Waals surface area contributed by atoms with Gasteiger partial charge in [-0.25, -0.2) is 0 Å². The third kappa shape index (κ3) is 1.66. The normalized spacial score (nSPS) is 57.4. The quantitative estimate of drug-likeness (QED) is 0.519. The molecule has 142 valence electrons. The van der Waals surface area contributed by atoms with Gasteiger partial charge >= 0.3 is 0 Å². The van der Waals surface area contributed by atoms with Crippen LogP contribution in [-0.4, -0.2) is 38.8 Å². The van der Waals surface area contributed by atoms with Crippen molar-refractivity contribution in [2.75, 3.05) is 0 Å². The minimum atomic E-state index is -0.674. The molecule has 0 aromatic heterocycles. The molecule has 0 bridgehead atoms. The topological polar surface area (TPSA) is 66.9 Å². The Balaban J connectivity index is 1.61. The summed E-state index contributed by atoms with van der Waals surface area (Å²) in [4.78, 5) is 24.5. The van der Waals surface area contributed by atoms with Gasteiger partial charge in [0, 0.05) is 17.3 Å². The molecule has 4 nitrogen and oxygen atoms in total. The van der Waals surface area contributed by atoms with Crippen molar-refractivity contribution in [2.24, 2.45) is 22.7 Å². The number of aliphatic hydroxyl groups is 1. The number of carbonyl (C=O) groups excluding carboxylic acids is 2. The van der Waals surface area contributed by atoms with Crippen molar-refractivity contribution in [1.82, 2.24) is 0 Å². The fourth-order valence-corrected chi connectivity index (χ4v) is 8.79. The van der Waals surface area contributed by atoms with E-state index in [-0.39, 0.29) is 28.5 Å². The Kier molecular flexibility index (Phi) is 3.31. The van der Waals surface area contributed by atoms with E-state index in [4.69, 9.17) is 4.74 Å². The van der Waals surface area contributed by atoms with Gasteiger partial charge in [0.15, 0.2) is 17.2 Å². The average molecular weight is 423 g/mol. The number of Topliss-reactive ketones (excluding diaryl/α,β-unsaturated/α-hetero) is 1. The maximum absolute atomic E-state index is 12.5. The SMILES string of the molecule is CC(=O)[C@@]12O[C@@H]1C[C@H]1[C@@H]3CCC4=CC(=O)CC[C@]4(C)[C@@]3(Br)[C@@H](O)C[C@@]12C. The van der Waals surface area contributed by atoms with Gasteiger partial charge in [0.05, 0.1) is 16.5 Å². The first-order valence-electron chi connectivity index (χ1n) is 9.91. The summed E-state index contributed by atoms with van der Waals surface area (Å²) in [6.07, 6.45) is 6.01. The molecule has 1 heterocycles. The van der Waals surface area contributed by atoms with Crippen LogP contribution < -0.4 is 0 Å². The van der Waals surface area contributed by atoms with Crippen molar-refractivity contribution in [3.63, 3.8) is 0 Å². The number of aliphatic hydroxyl groups excluding tert-OH is 1. The molecule has 0 unspecified atom stereocenters. The van der Waals surface area contributed by atoms with Crippen molar-refractivity contribution < 1.29 is 19.4 Å². The van der Waals surface area contributed by atoms with E-state index in [0.717, 1.165) is 25.7 Å². The molecule has 0 radical (unpaired) electrons. The summed E-state index contributed by atoms with van der Waals surface area (Å²) in [7, 11) is 0. The zero-order chi connectivity index (χ0) is 18.7. The molecule has 1 N–H and O–H groups in total. The first-order chi connectivity index (χ1) is 12.1. The second-order valence-corrected chi connectivity index (χ2v) is 11.1. The molecule has 8 atom stereocenters. The molecule has 0 aromatic rings. The lowest BCUT2D eigenvalue weighted by molar-refractivity contribution is -0.147. The van der Waals surface area contributed by atoms with Gasteiger partial charge < -0.3 is 9.84 Å². The summed E-state index contributed by atoms with van der Waals surface area (Å²) < 4.78 is 5.52. The van der Waals surface area contributed by atoms with Crippen LogP contribution in [0.4, 0.5) is 0 Å². The predicted octanol–water partition coefficient (Wildman–Crippen LogP) is 3.34. The van der Waals surface area contributed by atoms with Crippen molar-refractivity contribution >= 4 is 27.5 Å². The summed E-state index contributed by atoms with van der Waals surface area (Å²) >= 11 is 4.08. The second-order valence-electron chi connectivity index (χ2n) is 9.76. The number of carbonyl (C=O) groups is 2. The number of halogens is 1. The number of rotatable bonds is 1. The van der Waals surface area contributed by atoms with E-state index in [1.54, 1.807) is 6.92 Å². The van der Waals surface area contributed by atoms with Crippen molar-refractivity contribution in [1.29, 1.82) is 0 Å². The van der Waals surface area contributed by atoms with E-state index in [2.05, 4.69) is 29.8 Å². The lowest BCUT2D eigenvalue weighted by Crippen LogP contribution is -2.67. The molecule has 5 rings (SSSR count). The number of ketones is 2. The summed E-state index contributed by atoms with van der Waals surface area (Å²) in [5.41, 5.74) is 0.0198. The Morgan fingerprint density at radius 2 is 2.04 bits per heavy atom. The molecule has 0 amide bonds. The van der Waals surface area contributed by atoms with Crippen LogP contribution >= 0.6 is 15.9 Å². The molecule has 26 heavy (non-hydrogen) atoms. The lowest BCUT2D eigenvalue weighted by atomic mass is 9.45. The van der Waals surface area contributed by atoms with Gasteiger partial charge in [-0.3, -0.25) is 9.59 Å².